The normalized spacial score (nSPS) is 18.2. The molecule has 2 amide bonds. The molecule has 44 heavy (non-hydrogen) atoms. The van der Waals surface area contributed by atoms with Crippen LogP contribution in [0.5, 0.6) is 5.75 Å². The number of nitrogens with one attached hydrogen (secondary N) is 2. The molecule has 6 rings (SSSR count). The van der Waals surface area contributed by atoms with Gasteiger partial charge >= 0.3 is 6.18 Å². The summed E-state index contributed by atoms with van der Waals surface area (Å²) in [6.45, 7) is 2.57. The third-order valence-corrected chi connectivity index (χ3v) is 9.19. The summed E-state index contributed by atoms with van der Waals surface area (Å²) in [4.78, 5) is 37.8. The largest absolute Gasteiger partial charge is 0.495 e. The lowest BCUT2D eigenvalue weighted by molar-refractivity contribution is -0.138. The van der Waals surface area contributed by atoms with Crippen molar-refractivity contribution >= 4 is 23.5 Å². The zero-order valence-corrected chi connectivity index (χ0v) is 24.9. The van der Waals surface area contributed by atoms with Crippen LogP contribution in [-0.2, 0) is 19.1 Å². The Bertz CT molecular complexity index is 1590. The van der Waals surface area contributed by atoms with Gasteiger partial charge in [0.1, 0.15) is 5.75 Å². The summed E-state index contributed by atoms with van der Waals surface area (Å²) in [5.74, 6) is -0.189. The van der Waals surface area contributed by atoms with Gasteiger partial charge in [-0.05, 0) is 80.6 Å². The molecule has 3 heterocycles. The van der Waals surface area contributed by atoms with Crippen LogP contribution in [0.25, 0.3) is 0 Å². The molecular weight excluding hydrogens is 573 g/mol. The molecular formula is C32H35F3N6O3. The minimum Gasteiger partial charge on any atom is -0.495 e. The van der Waals surface area contributed by atoms with Gasteiger partial charge in [-0.1, -0.05) is 18.2 Å². The van der Waals surface area contributed by atoms with Crippen LogP contribution >= 0.6 is 0 Å². The number of fused-ring (bicyclic) bond motifs is 1. The number of carbonyl (C=O) groups is 2. The molecule has 1 aromatic heterocycles. The summed E-state index contributed by atoms with van der Waals surface area (Å²) < 4.78 is 47.4. The number of alkyl halides is 3. The molecule has 12 heteroatoms. The smallest absolute Gasteiger partial charge is 0.419 e. The molecule has 232 valence electrons. The van der Waals surface area contributed by atoms with Crippen LogP contribution < -0.4 is 15.4 Å². The molecule has 0 unspecified atom stereocenters. The molecule has 0 bridgehead atoms. The minimum atomic E-state index is -4.69. The second-order valence-corrected chi connectivity index (χ2v) is 12.3. The van der Waals surface area contributed by atoms with Crippen molar-refractivity contribution < 1.29 is 27.5 Å². The monoisotopic (exact) mass is 608 g/mol. The van der Waals surface area contributed by atoms with Gasteiger partial charge in [0, 0.05) is 43.4 Å². The van der Waals surface area contributed by atoms with Gasteiger partial charge in [0.05, 0.1) is 24.1 Å². The van der Waals surface area contributed by atoms with Gasteiger partial charge in [0.15, 0.2) is 0 Å². The van der Waals surface area contributed by atoms with E-state index in [-0.39, 0.29) is 35.9 Å². The zero-order valence-electron chi connectivity index (χ0n) is 24.9. The first-order valence-corrected chi connectivity index (χ1v) is 14.7. The fraction of sp³-hybridized carbons (Fsp3) is 0.438. The van der Waals surface area contributed by atoms with Crippen LogP contribution in [0.2, 0.25) is 0 Å². The molecule has 0 atom stereocenters. The van der Waals surface area contributed by atoms with Crippen molar-refractivity contribution in [3.63, 3.8) is 0 Å². The highest BCUT2D eigenvalue weighted by atomic mass is 19.4. The predicted molar refractivity (Wildman–Crippen MR) is 158 cm³/mol. The Morgan fingerprint density at radius 1 is 1.14 bits per heavy atom. The maximum atomic E-state index is 14.0. The number of halogens is 3. The third-order valence-electron chi connectivity index (χ3n) is 9.19. The molecule has 2 aliphatic heterocycles. The maximum absolute atomic E-state index is 14.0. The number of aromatic nitrogens is 2. The molecule has 9 nitrogen and oxygen atoms in total. The number of likely N-dealkylation sites (tertiary alicyclic amines) is 1. The summed E-state index contributed by atoms with van der Waals surface area (Å²) in [6.07, 6.45) is 0.117. The Labute approximate surface area is 253 Å². The van der Waals surface area contributed by atoms with Crippen molar-refractivity contribution in [3.05, 3.63) is 76.1 Å². The highest BCUT2D eigenvalue weighted by Gasteiger charge is 2.46. The maximum Gasteiger partial charge on any atom is 0.419 e. The van der Waals surface area contributed by atoms with E-state index in [1.54, 1.807) is 43.4 Å². The van der Waals surface area contributed by atoms with Crippen molar-refractivity contribution in [2.45, 2.75) is 50.9 Å². The number of benzene rings is 2. The molecule has 3 aliphatic rings. The van der Waals surface area contributed by atoms with Crippen LogP contribution in [0.1, 0.15) is 68.8 Å². The lowest BCUT2D eigenvalue weighted by Crippen LogP contribution is -2.54. The number of amides is 2. The standard InChI is InChI=1S/C32H35F3N6O3/c1-40-11-9-31(10-12-40)15-22(16-31)37-28(42)20-7-8-24(26(14-20)44-3)38-30-36-17-23(32(33,34)35)25(39-30)13-19-5-4-6-21-18-41(2)29(43)27(19)21/h4-8,14,17,22H,9-13,15-16,18H2,1-3H3,(H,37,42)(H,36,38,39). The summed E-state index contributed by atoms with van der Waals surface area (Å²) in [5.41, 5.74) is 1.55. The number of nitrogens with zero attached hydrogens (tertiary/aromatic N) is 4. The molecule has 2 aromatic carbocycles. The van der Waals surface area contributed by atoms with Gasteiger partial charge in [-0.15, -0.1) is 0 Å². The number of anilines is 2. The Balaban J connectivity index is 1.19. The van der Waals surface area contributed by atoms with E-state index in [0.717, 1.165) is 50.5 Å². The number of ether oxygens (including phenoxy) is 1. The first-order chi connectivity index (χ1) is 20.9. The van der Waals surface area contributed by atoms with Gasteiger partial charge in [-0.2, -0.15) is 13.2 Å². The van der Waals surface area contributed by atoms with Crippen molar-refractivity contribution in [1.82, 2.24) is 25.1 Å². The molecule has 1 saturated carbocycles. The number of piperidine rings is 1. The van der Waals surface area contributed by atoms with E-state index in [0.29, 0.717) is 40.1 Å². The quantitative estimate of drug-likeness (QED) is 0.388. The van der Waals surface area contributed by atoms with Crippen LogP contribution in [0.3, 0.4) is 0 Å². The van der Waals surface area contributed by atoms with E-state index in [1.807, 2.05) is 0 Å². The van der Waals surface area contributed by atoms with Gasteiger partial charge in [0.2, 0.25) is 5.95 Å². The second-order valence-electron chi connectivity index (χ2n) is 12.3. The Morgan fingerprint density at radius 3 is 2.59 bits per heavy atom. The van der Waals surface area contributed by atoms with Crippen molar-refractivity contribution in [3.8, 4) is 5.75 Å². The van der Waals surface area contributed by atoms with Crippen LogP contribution in [-0.4, -0.2) is 71.9 Å². The average molecular weight is 609 g/mol. The number of hydrogen-bond acceptors (Lipinski definition) is 7. The molecule has 3 aromatic rings. The number of carbonyl (C=O) groups excluding carboxylic acids is 2. The van der Waals surface area contributed by atoms with E-state index in [9.17, 15) is 22.8 Å². The molecule has 1 spiro atoms. The van der Waals surface area contributed by atoms with E-state index in [2.05, 4.69) is 32.5 Å². The van der Waals surface area contributed by atoms with E-state index < -0.39 is 11.7 Å². The minimum absolute atomic E-state index is 0.0718. The van der Waals surface area contributed by atoms with Crippen molar-refractivity contribution in [2.75, 3.05) is 39.6 Å². The SMILES string of the molecule is COc1cc(C(=O)NC2CC3(CCN(C)CC3)C2)ccc1Nc1ncc(C(F)(F)F)c(Cc2cccc3c2C(=O)N(C)C3)n1. The van der Waals surface area contributed by atoms with Crippen LogP contribution in [0, 0.1) is 5.41 Å². The van der Waals surface area contributed by atoms with Crippen LogP contribution in [0.15, 0.2) is 42.6 Å². The molecule has 1 aliphatic carbocycles. The Kier molecular flexibility index (Phi) is 7.73. The van der Waals surface area contributed by atoms with Gasteiger partial charge in [-0.25, -0.2) is 9.97 Å². The summed E-state index contributed by atoms with van der Waals surface area (Å²) in [7, 11) is 5.24. The number of hydrogen-bond donors (Lipinski definition) is 2. The Morgan fingerprint density at radius 2 is 1.89 bits per heavy atom. The lowest BCUT2D eigenvalue weighted by Gasteiger charge is -2.52. The molecule has 2 N–H and O–H groups in total. The second kappa shape index (κ2) is 11.4. The summed E-state index contributed by atoms with van der Waals surface area (Å²) >= 11 is 0. The Hall–Kier alpha value is -4.19. The third kappa shape index (κ3) is 5.82. The molecule has 1 saturated heterocycles. The summed E-state index contributed by atoms with van der Waals surface area (Å²) in [6, 6.07) is 10.1. The molecule has 2 fully saturated rings. The number of rotatable bonds is 7. The predicted octanol–water partition coefficient (Wildman–Crippen LogP) is 5.03. The van der Waals surface area contributed by atoms with Gasteiger partial charge in [0.25, 0.3) is 11.8 Å². The van der Waals surface area contributed by atoms with E-state index in [1.165, 1.54) is 12.0 Å². The average Bonchev–Trinajstić information content (AvgIpc) is 3.26. The molecule has 0 radical (unpaired) electrons. The first-order valence-electron chi connectivity index (χ1n) is 14.7. The fourth-order valence-electron chi connectivity index (χ4n) is 6.67. The number of methoxy groups -OCH3 is 1. The topological polar surface area (TPSA) is 99.7 Å². The zero-order chi connectivity index (χ0) is 31.2. The first kappa shape index (κ1) is 29.9. The lowest BCUT2D eigenvalue weighted by atomic mass is 9.60. The highest BCUT2D eigenvalue weighted by Crippen LogP contribution is 2.49. The van der Waals surface area contributed by atoms with Crippen molar-refractivity contribution in [2.24, 2.45) is 5.41 Å². The van der Waals surface area contributed by atoms with Crippen molar-refractivity contribution in [1.29, 1.82) is 0 Å². The van der Waals surface area contributed by atoms with E-state index >= 15 is 0 Å². The van der Waals surface area contributed by atoms with Gasteiger partial charge in [-0.3, -0.25) is 9.59 Å². The van der Waals surface area contributed by atoms with Crippen LogP contribution in [0.4, 0.5) is 24.8 Å². The fourth-order valence-corrected chi connectivity index (χ4v) is 6.67. The highest BCUT2D eigenvalue weighted by molar-refractivity contribution is 5.99. The van der Waals surface area contributed by atoms with E-state index in [4.69, 9.17) is 4.74 Å². The summed E-state index contributed by atoms with van der Waals surface area (Å²) in [5, 5.41) is 6.07. The van der Waals surface area contributed by atoms with Gasteiger partial charge < -0.3 is 25.2 Å².